The van der Waals surface area contributed by atoms with Crippen LogP contribution in [0.3, 0.4) is 0 Å². The van der Waals surface area contributed by atoms with Crippen LogP contribution in [0.25, 0.3) is 11.0 Å². The lowest BCUT2D eigenvalue weighted by molar-refractivity contribution is 0.102. The van der Waals surface area contributed by atoms with Gasteiger partial charge in [-0.25, -0.2) is 18.1 Å². The lowest BCUT2D eigenvalue weighted by atomic mass is 10.1. The van der Waals surface area contributed by atoms with E-state index >= 15 is 0 Å². The van der Waals surface area contributed by atoms with E-state index in [0.717, 1.165) is 18.5 Å². The summed E-state index contributed by atoms with van der Waals surface area (Å²) >= 11 is 0. The van der Waals surface area contributed by atoms with E-state index in [9.17, 15) is 13.2 Å². The van der Waals surface area contributed by atoms with Gasteiger partial charge in [0.25, 0.3) is 5.91 Å². The summed E-state index contributed by atoms with van der Waals surface area (Å²) < 4.78 is 30.7. The van der Waals surface area contributed by atoms with Crippen molar-refractivity contribution in [3.05, 3.63) is 34.8 Å². The molecule has 1 saturated carbocycles. The van der Waals surface area contributed by atoms with Crippen LogP contribution < -0.4 is 5.32 Å². The fourth-order valence-corrected chi connectivity index (χ4v) is 5.62. The molecule has 3 aromatic heterocycles. The summed E-state index contributed by atoms with van der Waals surface area (Å²) in [7, 11) is -3.07. The maximum atomic E-state index is 13.1. The summed E-state index contributed by atoms with van der Waals surface area (Å²) in [6.45, 7) is 3.57. The van der Waals surface area contributed by atoms with E-state index in [1.165, 1.54) is 0 Å². The average molecular weight is 415 g/mol. The number of amides is 1. The van der Waals surface area contributed by atoms with Crippen molar-refractivity contribution >= 4 is 32.6 Å². The minimum Gasteiger partial charge on any atom is -0.360 e. The number of carbonyl (C=O) groups is 1. The van der Waals surface area contributed by atoms with E-state index in [1.807, 2.05) is 13.0 Å². The molecule has 0 radical (unpaired) electrons. The molecule has 0 spiro atoms. The van der Waals surface area contributed by atoms with Crippen LogP contribution in [0.4, 0.5) is 5.82 Å². The zero-order valence-electron chi connectivity index (χ0n) is 16.2. The highest BCUT2D eigenvalue weighted by molar-refractivity contribution is 7.91. The predicted molar refractivity (Wildman–Crippen MR) is 106 cm³/mol. The molecule has 1 saturated heterocycles. The maximum absolute atomic E-state index is 13.1. The van der Waals surface area contributed by atoms with Gasteiger partial charge in [0, 0.05) is 17.7 Å². The molecule has 5 rings (SSSR count). The highest BCUT2D eigenvalue weighted by Crippen LogP contribution is 2.41. The zero-order valence-corrected chi connectivity index (χ0v) is 17.0. The molecule has 1 N–H and O–H groups in total. The maximum Gasteiger partial charge on any atom is 0.257 e. The molecule has 0 unspecified atom stereocenters. The van der Waals surface area contributed by atoms with Crippen molar-refractivity contribution in [1.82, 2.24) is 19.9 Å². The second kappa shape index (κ2) is 6.38. The second-order valence-electron chi connectivity index (χ2n) is 7.93. The molecule has 1 aliphatic heterocycles. The van der Waals surface area contributed by atoms with E-state index in [2.05, 4.69) is 15.6 Å². The molecule has 0 aromatic carbocycles. The molecule has 152 valence electrons. The van der Waals surface area contributed by atoms with Crippen LogP contribution in [-0.2, 0) is 9.84 Å². The minimum atomic E-state index is -3.07. The third kappa shape index (κ3) is 3.31. The Kier molecular flexibility index (Phi) is 4.02. The van der Waals surface area contributed by atoms with Crippen LogP contribution in [0.2, 0.25) is 0 Å². The van der Waals surface area contributed by atoms with E-state index in [4.69, 9.17) is 9.51 Å². The SMILES string of the molecule is Cc1cc(NC(=O)c2cc(C3CC3)nc3c2c(C)nn3[C@@H]2CCS(=O)(=O)C2)no1. The van der Waals surface area contributed by atoms with Gasteiger partial charge in [0.15, 0.2) is 21.3 Å². The average Bonchev–Trinajstić information content (AvgIpc) is 3.24. The van der Waals surface area contributed by atoms with Crippen molar-refractivity contribution in [3.8, 4) is 0 Å². The molecule has 0 bridgehead atoms. The Hall–Kier alpha value is -2.75. The fraction of sp³-hybridized carbons (Fsp3) is 0.474. The quantitative estimate of drug-likeness (QED) is 0.695. The van der Waals surface area contributed by atoms with E-state index in [0.29, 0.717) is 46.2 Å². The number of aryl methyl sites for hydroxylation is 2. The third-order valence-corrected chi connectivity index (χ3v) is 7.27. The highest BCUT2D eigenvalue weighted by atomic mass is 32.2. The van der Waals surface area contributed by atoms with Crippen LogP contribution in [0.5, 0.6) is 0 Å². The monoisotopic (exact) mass is 415 g/mol. The first-order valence-corrected chi connectivity index (χ1v) is 11.5. The molecular weight excluding hydrogens is 394 g/mol. The van der Waals surface area contributed by atoms with E-state index < -0.39 is 9.84 Å². The number of pyridine rings is 1. The van der Waals surface area contributed by atoms with Gasteiger partial charge in [0.05, 0.1) is 34.2 Å². The summed E-state index contributed by atoms with van der Waals surface area (Å²) in [5.74, 6) is 1.17. The molecule has 1 atom stereocenters. The van der Waals surface area contributed by atoms with Gasteiger partial charge in [-0.05, 0) is 39.2 Å². The number of fused-ring (bicyclic) bond motifs is 1. The predicted octanol–water partition coefficient (Wildman–Crippen LogP) is 2.53. The molecular formula is C19H21N5O4S. The highest BCUT2D eigenvalue weighted by Gasteiger charge is 2.34. The van der Waals surface area contributed by atoms with Gasteiger partial charge in [-0.1, -0.05) is 5.16 Å². The number of hydrogen-bond donors (Lipinski definition) is 1. The van der Waals surface area contributed by atoms with Gasteiger partial charge in [0.1, 0.15) is 5.76 Å². The number of sulfone groups is 1. The molecule has 1 amide bonds. The van der Waals surface area contributed by atoms with Gasteiger partial charge in [-0.2, -0.15) is 5.10 Å². The molecule has 3 aromatic rings. The lowest BCUT2D eigenvalue weighted by Gasteiger charge is -2.11. The van der Waals surface area contributed by atoms with Crippen molar-refractivity contribution in [2.75, 3.05) is 16.8 Å². The van der Waals surface area contributed by atoms with Crippen LogP contribution in [0.1, 0.15) is 58.7 Å². The number of nitrogens with zero attached hydrogens (tertiary/aromatic N) is 4. The number of carbonyl (C=O) groups excluding carboxylic acids is 1. The molecule has 1 aliphatic carbocycles. The number of rotatable bonds is 4. The Morgan fingerprint density at radius 3 is 2.66 bits per heavy atom. The molecule has 4 heterocycles. The summed E-state index contributed by atoms with van der Waals surface area (Å²) in [4.78, 5) is 17.9. The standard InChI is InChI=1S/C19H21N5O4S/c1-10-7-16(23-28-10)21-19(25)14-8-15(12-3-4-12)20-18-17(14)11(2)22-24(18)13-5-6-29(26,27)9-13/h7-8,12-13H,3-6,9H2,1-2H3,(H,21,23,25)/t13-/m1/s1. The number of aromatic nitrogens is 4. The first kappa shape index (κ1) is 18.3. The zero-order chi connectivity index (χ0) is 20.3. The number of nitrogens with one attached hydrogen (secondary N) is 1. The summed E-state index contributed by atoms with van der Waals surface area (Å²) in [5, 5.41) is 11.8. The van der Waals surface area contributed by atoms with Gasteiger partial charge in [-0.3, -0.25) is 4.79 Å². The topological polar surface area (TPSA) is 120 Å². The molecule has 2 aliphatic rings. The van der Waals surface area contributed by atoms with Gasteiger partial charge in [-0.15, -0.1) is 0 Å². The third-order valence-electron chi connectivity index (χ3n) is 5.52. The van der Waals surface area contributed by atoms with Crippen molar-refractivity contribution in [3.63, 3.8) is 0 Å². The van der Waals surface area contributed by atoms with Crippen LogP contribution in [0.15, 0.2) is 16.7 Å². The van der Waals surface area contributed by atoms with Crippen molar-refractivity contribution in [2.45, 2.75) is 45.1 Å². The largest absolute Gasteiger partial charge is 0.360 e. The van der Waals surface area contributed by atoms with Crippen molar-refractivity contribution in [1.29, 1.82) is 0 Å². The minimum absolute atomic E-state index is 0.0539. The van der Waals surface area contributed by atoms with Gasteiger partial charge in [0.2, 0.25) is 0 Å². The van der Waals surface area contributed by atoms with Crippen molar-refractivity contribution < 1.29 is 17.7 Å². The normalized spacial score (nSPS) is 21.0. The van der Waals surface area contributed by atoms with E-state index in [-0.39, 0.29) is 23.5 Å². The smallest absolute Gasteiger partial charge is 0.257 e. The summed E-state index contributed by atoms with van der Waals surface area (Å²) in [5.41, 5.74) is 2.55. The number of anilines is 1. The first-order chi connectivity index (χ1) is 13.8. The van der Waals surface area contributed by atoms with Crippen LogP contribution in [0, 0.1) is 13.8 Å². The Morgan fingerprint density at radius 1 is 1.24 bits per heavy atom. The molecule has 2 fully saturated rings. The molecule has 29 heavy (non-hydrogen) atoms. The molecule has 10 heteroatoms. The molecule has 9 nitrogen and oxygen atoms in total. The van der Waals surface area contributed by atoms with Crippen molar-refractivity contribution in [2.24, 2.45) is 0 Å². The second-order valence-corrected chi connectivity index (χ2v) is 10.2. The van der Waals surface area contributed by atoms with Gasteiger partial charge < -0.3 is 9.84 Å². The Labute approximate surface area is 167 Å². The summed E-state index contributed by atoms with van der Waals surface area (Å²) in [6, 6.07) is 3.22. The van der Waals surface area contributed by atoms with Crippen LogP contribution in [-0.4, -0.2) is 45.8 Å². The van der Waals surface area contributed by atoms with E-state index in [1.54, 1.807) is 17.7 Å². The Bertz CT molecular complexity index is 1240. The lowest BCUT2D eigenvalue weighted by Crippen LogP contribution is -2.15. The first-order valence-electron chi connectivity index (χ1n) is 9.65. The Morgan fingerprint density at radius 2 is 2.03 bits per heavy atom. The summed E-state index contributed by atoms with van der Waals surface area (Å²) in [6.07, 6.45) is 2.58. The fourth-order valence-electron chi connectivity index (χ4n) is 3.93. The van der Waals surface area contributed by atoms with Gasteiger partial charge >= 0.3 is 0 Å². The Balaban J connectivity index is 1.62. The number of hydrogen-bond acceptors (Lipinski definition) is 7. The van der Waals surface area contributed by atoms with Crippen LogP contribution >= 0.6 is 0 Å².